The minimum absolute atomic E-state index is 0.0748. The molecule has 0 heterocycles. The van der Waals surface area contributed by atoms with Crippen molar-refractivity contribution in [3.63, 3.8) is 0 Å². The van der Waals surface area contributed by atoms with Gasteiger partial charge in [0, 0.05) is 6.61 Å². The van der Waals surface area contributed by atoms with Gasteiger partial charge in [0.05, 0.1) is 19.3 Å². The van der Waals surface area contributed by atoms with Crippen molar-refractivity contribution in [2.24, 2.45) is 0 Å². The van der Waals surface area contributed by atoms with Crippen LogP contribution in [0.5, 0.6) is 0 Å². The lowest BCUT2D eigenvalue weighted by Gasteiger charge is -2.25. The van der Waals surface area contributed by atoms with E-state index in [1.165, 1.54) is 89.9 Å². The Bertz CT molecular complexity index is 495. The molecule has 0 spiro atoms. The second kappa shape index (κ2) is 27.1. The van der Waals surface area contributed by atoms with Gasteiger partial charge in [0.2, 0.25) is 0 Å². The zero-order valence-electron chi connectivity index (χ0n) is 24.5. The summed E-state index contributed by atoms with van der Waals surface area (Å²) in [5.41, 5.74) is 0. The molecule has 0 aromatic carbocycles. The Kier molecular flexibility index (Phi) is 26.4. The van der Waals surface area contributed by atoms with Crippen LogP contribution in [0.4, 0.5) is 0 Å². The van der Waals surface area contributed by atoms with Crippen LogP contribution in [-0.4, -0.2) is 62.0 Å². The van der Waals surface area contributed by atoms with Crippen molar-refractivity contribution in [2.75, 3.05) is 33.9 Å². The van der Waals surface area contributed by atoms with E-state index in [2.05, 4.69) is 30.9 Å². The van der Waals surface area contributed by atoms with Gasteiger partial charge in [-0.2, -0.15) is 0 Å². The van der Waals surface area contributed by atoms with Crippen LogP contribution >= 0.6 is 0 Å². The fourth-order valence-electron chi connectivity index (χ4n) is 4.28. The predicted octanol–water partition coefficient (Wildman–Crippen LogP) is 8.41. The van der Waals surface area contributed by atoms with E-state index in [-0.39, 0.29) is 6.04 Å². The second-order valence-electron chi connectivity index (χ2n) is 10.6. The highest BCUT2D eigenvalue weighted by Gasteiger charge is 2.21. The van der Waals surface area contributed by atoms with Gasteiger partial charge in [0.1, 0.15) is 0 Å². The van der Waals surface area contributed by atoms with E-state index in [1.807, 2.05) is 14.1 Å². The summed E-state index contributed by atoms with van der Waals surface area (Å²) in [4.78, 5) is 13.7. The molecule has 0 rings (SSSR count). The summed E-state index contributed by atoms with van der Waals surface area (Å²) in [6.45, 7) is 6.25. The summed E-state index contributed by atoms with van der Waals surface area (Å²) < 4.78 is 11.7. The topological polar surface area (TPSA) is 59.0 Å². The van der Waals surface area contributed by atoms with Crippen LogP contribution in [0.3, 0.4) is 0 Å². The first kappa shape index (κ1) is 35.1. The standard InChI is InChI=1S/C31H61NO4/c1-5-7-9-11-13-15-16-17-18-19-21-23-25-30(31(33)34)36-28-29(32(3)4)27-35-26-24-22-20-14-12-10-8-6-2/h17-18,29-30H,5-16,19-28H2,1-4H3,(H,33,34). The molecule has 0 aliphatic carbocycles. The van der Waals surface area contributed by atoms with Crippen LogP contribution in [-0.2, 0) is 14.3 Å². The summed E-state index contributed by atoms with van der Waals surface area (Å²) >= 11 is 0. The molecule has 0 amide bonds. The Morgan fingerprint density at radius 3 is 1.75 bits per heavy atom. The molecule has 5 nitrogen and oxygen atoms in total. The normalized spacial score (nSPS) is 13.6. The second-order valence-corrected chi connectivity index (χ2v) is 10.6. The molecule has 0 saturated heterocycles. The third-order valence-electron chi connectivity index (χ3n) is 6.93. The number of hydrogen-bond acceptors (Lipinski definition) is 4. The number of carbonyl (C=O) groups is 1. The van der Waals surface area contributed by atoms with E-state index in [4.69, 9.17) is 9.47 Å². The van der Waals surface area contributed by atoms with Gasteiger partial charge in [-0.25, -0.2) is 4.79 Å². The van der Waals surface area contributed by atoms with E-state index in [9.17, 15) is 9.90 Å². The summed E-state index contributed by atoms with van der Waals surface area (Å²) in [5.74, 6) is -0.856. The van der Waals surface area contributed by atoms with Crippen molar-refractivity contribution >= 4 is 5.97 Å². The zero-order valence-corrected chi connectivity index (χ0v) is 24.5. The largest absolute Gasteiger partial charge is 0.479 e. The number of nitrogens with zero attached hydrogens (tertiary/aromatic N) is 1. The molecule has 2 unspecified atom stereocenters. The van der Waals surface area contributed by atoms with Crippen molar-refractivity contribution in [2.45, 2.75) is 148 Å². The van der Waals surface area contributed by atoms with Gasteiger partial charge in [0.15, 0.2) is 6.10 Å². The van der Waals surface area contributed by atoms with Crippen LogP contribution in [0.15, 0.2) is 12.2 Å². The molecule has 0 aromatic rings. The monoisotopic (exact) mass is 511 g/mol. The van der Waals surface area contributed by atoms with Gasteiger partial charge >= 0.3 is 5.97 Å². The van der Waals surface area contributed by atoms with Crippen LogP contribution in [0.2, 0.25) is 0 Å². The molecule has 2 atom stereocenters. The molecule has 1 N–H and O–H groups in total. The summed E-state index contributed by atoms with van der Waals surface area (Å²) in [5, 5.41) is 9.58. The average Bonchev–Trinajstić information content (AvgIpc) is 2.85. The molecule has 214 valence electrons. The molecular formula is C31H61NO4. The number of rotatable bonds is 28. The van der Waals surface area contributed by atoms with Gasteiger partial charge in [0.25, 0.3) is 0 Å². The van der Waals surface area contributed by atoms with Crippen molar-refractivity contribution in [1.82, 2.24) is 4.90 Å². The highest BCUT2D eigenvalue weighted by molar-refractivity contribution is 5.72. The highest BCUT2D eigenvalue weighted by atomic mass is 16.5. The number of ether oxygens (including phenoxy) is 2. The van der Waals surface area contributed by atoms with E-state index in [0.29, 0.717) is 19.6 Å². The van der Waals surface area contributed by atoms with Gasteiger partial charge < -0.3 is 19.5 Å². The number of allylic oxidation sites excluding steroid dienone is 2. The fraction of sp³-hybridized carbons (Fsp3) is 0.903. The van der Waals surface area contributed by atoms with Crippen molar-refractivity contribution in [3.8, 4) is 0 Å². The smallest absolute Gasteiger partial charge is 0.332 e. The van der Waals surface area contributed by atoms with E-state index in [1.54, 1.807) is 0 Å². The van der Waals surface area contributed by atoms with Crippen molar-refractivity contribution in [3.05, 3.63) is 12.2 Å². The molecule has 0 aromatic heterocycles. The maximum atomic E-state index is 11.7. The Labute approximate surface area is 224 Å². The molecule has 0 aliphatic rings. The molecule has 36 heavy (non-hydrogen) atoms. The fourth-order valence-corrected chi connectivity index (χ4v) is 4.28. The van der Waals surface area contributed by atoms with Crippen molar-refractivity contribution in [1.29, 1.82) is 0 Å². The molecule has 5 heteroatoms. The molecule has 0 bridgehead atoms. The first-order valence-corrected chi connectivity index (χ1v) is 15.3. The molecule has 0 saturated carbocycles. The van der Waals surface area contributed by atoms with Crippen LogP contribution in [0.1, 0.15) is 136 Å². The van der Waals surface area contributed by atoms with Crippen LogP contribution in [0, 0.1) is 0 Å². The first-order chi connectivity index (χ1) is 17.5. The molecular weight excluding hydrogens is 450 g/mol. The number of carboxylic acids is 1. The van der Waals surface area contributed by atoms with E-state index < -0.39 is 12.1 Å². The van der Waals surface area contributed by atoms with Gasteiger partial charge in [-0.3, -0.25) is 0 Å². The average molecular weight is 512 g/mol. The predicted molar refractivity (Wildman–Crippen MR) is 154 cm³/mol. The lowest BCUT2D eigenvalue weighted by atomic mass is 10.1. The summed E-state index contributed by atoms with van der Waals surface area (Å²) in [7, 11) is 4.00. The van der Waals surface area contributed by atoms with Crippen LogP contribution in [0.25, 0.3) is 0 Å². The lowest BCUT2D eigenvalue weighted by molar-refractivity contribution is -0.152. The quantitative estimate of drug-likeness (QED) is 0.0844. The van der Waals surface area contributed by atoms with Gasteiger partial charge in [-0.15, -0.1) is 0 Å². The van der Waals surface area contributed by atoms with Crippen LogP contribution < -0.4 is 0 Å². The molecule has 0 aliphatic heterocycles. The van der Waals surface area contributed by atoms with Gasteiger partial charge in [-0.1, -0.05) is 103 Å². The Morgan fingerprint density at radius 1 is 0.722 bits per heavy atom. The van der Waals surface area contributed by atoms with Gasteiger partial charge in [-0.05, 0) is 59.0 Å². The number of likely N-dealkylation sites (N-methyl/N-ethyl adjacent to an activating group) is 1. The number of hydrogen-bond donors (Lipinski definition) is 1. The van der Waals surface area contributed by atoms with E-state index >= 15 is 0 Å². The highest BCUT2D eigenvalue weighted by Crippen LogP contribution is 2.12. The Morgan fingerprint density at radius 2 is 1.22 bits per heavy atom. The summed E-state index contributed by atoms with van der Waals surface area (Å²) in [6, 6.07) is 0.0748. The lowest BCUT2D eigenvalue weighted by Crippen LogP contribution is -2.39. The third-order valence-corrected chi connectivity index (χ3v) is 6.93. The number of unbranched alkanes of at least 4 members (excludes halogenated alkanes) is 15. The summed E-state index contributed by atoms with van der Waals surface area (Å²) in [6.07, 6.45) is 26.8. The number of carboxylic acid groups (broad SMARTS) is 1. The maximum Gasteiger partial charge on any atom is 0.332 e. The first-order valence-electron chi connectivity index (χ1n) is 15.3. The minimum Gasteiger partial charge on any atom is -0.479 e. The Balaban J connectivity index is 3.91. The molecule has 0 radical (unpaired) electrons. The number of aliphatic carboxylic acids is 1. The maximum absolute atomic E-state index is 11.7. The molecule has 0 fully saturated rings. The van der Waals surface area contributed by atoms with Crippen molar-refractivity contribution < 1.29 is 19.4 Å². The SMILES string of the molecule is CCCCCCCCC=CCCCCC(OCC(COCCCCCCCCCC)N(C)C)C(=O)O. The Hall–Kier alpha value is -0.910. The van der Waals surface area contributed by atoms with E-state index in [0.717, 1.165) is 32.3 Å². The minimum atomic E-state index is -0.856. The zero-order chi connectivity index (χ0) is 26.7. The third kappa shape index (κ3) is 23.5.